The van der Waals surface area contributed by atoms with Gasteiger partial charge in [0.15, 0.2) is 0 Å². The molecule has 0 spiro atoms. The average Bonchev–Trinajstić information content (AvgIpc) is 2.23. The van der Waals surface area contributed by atoms with Gasteiger partial charge in [-0.15, -0.1) is 0 Å². The molecule has 96 valence electrons. The highest BCUT2D eigenvalue weighted by Gasteiger charge is 2.10. The SMILES string of the molecule is CCNCCS(=O)(=O)Nc1ccc(C)c(Br)c1. The number of hydrogen-bond acceptors (Lipinski definition) is 3. The van der Waals surface area contributed by atoms with E-state index in [0.29, 0.717) is 12.2 Å². The zero-order chi connectivity index (χ0) is 12.9. The van der Waals surface area contributed by atoms with Crippen molar-refractivity contribution in [2.75, 3.05) is 23.6 Å². The number of hydrogen-bond donors (Lipinski definition) is 2. The highest BCUT2D eigenvalue weighted by atomic mass is 79.9. The Labute approximate surface area is 111 Å². The van der Waals surface area contributed by atoms with Crippen LogP contribution in [0, 0.1) is 6.92 Å². The second-order valence-corrected chi connectivity index (χ2v) is 6.43. The molecule has 0 saturated heterocycles. The lowest BCUT2D eigenvalue weighted by Crippen LogP contribution is -2.26. The van der Waals surface area contributed by atoms with Crippen LogP contribution in [0.2, 0.25) is 0 Å². The summed E-state index contributed by atoms with van der Waals surface area (Å²) >= 11 is 3.37. The van der Waals surface area contributed by atoms with Crippen LogP contribution in [-0.2, 0) is 10.0 Å². The number of rotatable bonds is 6. The normalized spacial score (nSPS) is 11.5. The van der Waals surface area contributed by atoms with E-state index in [4.69, 9.17) is 0 Å². The molecular weight excluding hydrogens is 304 g/mol. The Morgan fingerprint density at radius 3 is 2.65 bits per heavy atom. The summed E-state index contributed by atoms with van der Waals surface area (Å²) in [5.41, 5.74) is 1.65. The third kappa shape index (κ3) is 5.06. The lowest BCUT2D eigenvalue weighted by atomic mass is 10.2. The van der Waals surface area contributed by atoms with Crippen LogP contribution in [-0.4, -0.2) is 27.3 Å². The van der Waals surface area contributed by atoms with Gasteiger partial charge in [-0.2, -0.15) is 0 Å². The third-order valence-electron chi connectivity index (χ3n) is 2.24. The molecule has 1 aromatic rings. The first-order valence-electron chi connectivity index (χ1n) is 5.42. The Kier molecular flexibility index (Phi) is 5.42. The summed E-state index contributed by atoms with van der Waals surface area (Å²) in [6.45, 7) is 5.12. The second-order valence-electron chi connectivity index (χ2n) is 3.74. The van der Waals surface area contributed by atoms with E-state index in [2.05, 4.69) is 26.0 Å². The van der Waals surface area contributed by atoms with Crippen LogP contribution in [0.1, 0.15) is 12.5 Å². The third-order valence-corrected chi connectivity index (χ3v) is 4.39. The summed E-state index contributed by atoms with van der Waals surface area (Å²) in [5, 5.41) is 2.98. The largest absolute Gasteiger partial charge is 0.316 e. The van der Waals surface area contributed by atoms with E-state index in [0.717, 1.165) is 16.6 Å². The van der Waals surface area contributed by atoms with Gasteiger partial charge in [0.05, 0.1) is 5.75 Å². The fourth-order valence-electron chi connectivity index (χ4n) is 1.27. The minimum atomic E-state index is -3.27. The molecule has 1 rings (SSSR count). The van der Waals surface area contributed by atoms with Crippen LogP contribution < -0.4 is 10.0 Å². The molecular formula is C11H17BrN2O2S. The summed E-state index contributed by atoms with van der Waals surface area (Å²) in [6.07, 6.45) is 0. The molecule has 17 heavy (non-hydrogen) atoms. The molecule has 0 aromatic heterocycles. The minimum absolute atomic E-state index is 0.0757. The highest BCUT2D eigenvalue weighted by molar-refractivity contribution is 9.10. The molecule has 0 heterocycles. The lowest BCUT2D eigenvalue weighted by molar-refractivity contribution is 0.597. The standard InChI is InChI=1S/C11H17BrN2O2S/c1-3-13-6-7-17(15,16)14-10-5-4-9(2)11(12)8-10/h4-5,8,13-14H,3,6-7H2,1-2H3. The molecule has 0 fully saturated rings. The molecule has 0 aliphatic heterocycles. The monoisotopic (exact) mass is 320 g/mol. The van der Waals surface area contributed by atoms with E-state index < -0.39 is 10.0 Å². The molecule has 0 aliphatic rings. The summed E-state index contributed by atoms with van der Waals surface area (Å²) < 4.78 is 26.8. The molecule has 0 radical (unpaired) electrons. The number of nitrogens with one attached hydrogen (secondary N) is 2. The highest BCUT2D eigenvalue weighted by Crippen LogP contribution is 2.21. The smallest absolute Gasteiger partial charge is 0.233 e. The Balaban J connectivity index is 2.66. The molecule has 0 unspecified atom stereocenters. The first-order valence-corrected chi connectivity index (χ1v) is 7.86. The van der Waals surface area contributed by atoms with E-state index in [1.54, 1.807) is 12.1 Å². The van der Waals surface area contributed by atoms with Gasteiger partial charge in [0.2, 0.25) is 10.0 Å². The van der Waals surface area contributed by atoms with Crippen molar-refractivity contribution in [1.29, 1.82) is 0 Å². The number of sulfonamides is 1. The quantitative estimate of drug-likeness (QED) is 0.789. The van der Waals surface area contributed by atoms with Gasteiger partial charge in [0, 0.05) is 16.7 Å². The van der Waals surface area contributed by atoms with Crippen LogP contribution in [0.25, 0.3) is 0 Å². The van der Waals surface area contributed by atoms with Crippen LogP contribution in [0.5, 0.6) is 0 Å². The van der Waals surface area contributed by atoms with Crippen molar-refractivity contribution < 1.29 is 8.42 Å². The van der Waals surface area contributed by atoms with E-state index in [1.165, 1.54) is 0 Å². The van der Waals surface area contributed by atoms with Crippen LogP contribution in [0.15, 0.2) is 22.7 Å². The van der Waals surface area contributed by atoms with E-state index in [-0.39, 0.29) is 5.75 Å². The molecule has 0 bridgehead atoms. The Morgan fingerprint density at radius 2 is 2.06 bits per heavy atom. The van der Waals surface area contributed by atoms with E-state index >= 15 is 0 Å². The first kappa shape index (κ1) is 14.5. The van der Waals surface area contributed by atoms with Crippen molar-refractivity contribution in [3.63, 3.8) is 0 Å². The van der Waals surface area contributed by atoms with E-state index in [9.17, 15) is 8.42 Å². The zero-order valence-corrected chi connectivity index (χ0v) is 12.4. The predicted octanol–water partition coefficient (Wildman–Crippen LogP) is 2.11. The maximum Gasteiger partial charge on any atom is 0.233 e. The summed E-state index contributed by atoms with van der Waals surface area (Å²) in [5.74, 6) is 0.0757. The number of benzene rings is 1. The van der Waals surface area contributed by atoms with Gasteiger partial charge in [0.25, 0.3) is 0 Å². The maximum absolute atomic E-state index is 11.7. The fourth-order valence-corrected chi connectivity index (χ4v) is 2.65. The number of aryl methyl sites for hydroxylation is 1. The van der Waals surface area contributed by atoms with Gasteiger partial charge in [-0.1, -0.05) is 28.9 Å². The Morgan fingerprint density at radius 1 is 1.35 bits per heavy atom. The molecule has 0 atom stereocenters. The fraction of sp³-hybridized carbons (Fsp3) is 0.455. The summed E-state index contributed by atoms with van der Waals surface area (Å²) in [6, 6.07) is 5.39. The Bertz CT molecular complexity index is 474. The van der Waals surface area contributed by atoms with Crippen LogP contribution in [0.3, 0.4) is 0 Å². The molecule has 4 nitrogen and oxygen atoms in total. The van der Waals surface area contributed by atoms with Gasteiger partial charge >= 0.3 is 0 Å². The van der Waals surface area contributed by atoms with Gasteiger partial charge in [-0.05, 0) is 31.2 Å². The molecule has 1 aromatic carbocycles. The average molecular weight is 321 g/mol. The molecule has 6 heteroatoms. The molecule has 0 saturated carbocycles. The second kappa shape index (κ2) is 6.37. The summed E-state index contributed by atoms with van der Waals surface area (Å²) in [7, 11) is -3.27. The van der Waals surface area contributed by atoms with Crippen LogP contribution >= 0.6 is 15.9 Å². The van der Waals surface area contributed by atoms with Gasteiger partial charge in [-0.3, -0.25) is 4.72 Å². The van der Waals surface area contributed by atoms with Gasteiger partial charge in [-0.25, -0.2) is 8.42 Å². The maximum atomic E-state index is 11.7. The molecule has 0 aliphatic carbocycles. The van der Waals surface area contributed by atoms with Crippen LogP contribution in [0.4, 0.5) is 5.69 Å². The number of halogens is 1. The van der Waals surface area contributed by atoms with Gasteiger partial charge in [0.1, 0.15) is 0 Å². The van der Waals surface area contributed by atoms with Gasteiger partial charge < -0.3 is 5.32 Å². The van der Waals surface area contributed by atoms with E-state index in [1.807, 2.05) is 19.9 Å². The molecule has 2 N–H and O–H groups in total. The van der Waals surface area contributed by atoms with Crippen molar-refractivity contribution in [3.8, 4) is 0 Å². The minimum Gasteiger partial charge on any atom is -0.316 e. The first-order chi connectivity index (χ1) is 7.94. The number of anilines is 1. The summed E-state index contributed by atoms with van der Waals surface area (Å²) in [4.78, 5) is 0. The topological polar surface area (TPSA) is 58.2 Å². The predicted molar refractivity (Wildman–Crippen MR) is 74.8 cm³/mol. The van der Waals surface area contributed by atoms with Crippen molar-refractivity contribution >= 4 is 31.6 Å². The van der Waals surface area contributed by atoms with Crippen molar-refractivity contribution in [3.05, 3.63) is 28.2 Å². The van der Waals surface area contributed by atoms with Crippen molar-refractivity contribution in [1.82, 2.24) is 5.32 Å². The zero-order valence-electron chi connectivity index (χ0n) is 9.96. The lowest BCUT2D eigenvalue weighted by Gasteiger charge is -2.09. The van der Waals surface area contributed by atoms with Crippen molar-refractivity contribution in [2.24, 2.45) is 0 Å². The molecule has 0 amide bonds. The van der Waals surface area contributed by atoms with Crippen molar-refractivity contribution in [2.45, 2.75) is 13.8 Å². The Hall–Kier alpha value is -0.590.